The van der Waals surface area contributed by atoms with Crippen molar-refractivity contribution in [2.24, 2.45) is 0 Å². The molecule has 0 aliphatic rings. The lowest BCUT2D eigenvalue weighted by Crippen LogP contribution is -2.08. The second-order valence-electron chi connectivity index (χ2n) is 4.81. The Hall–Kier alpha value is -2.31. The van der Waals surface area contributed by atoms with Crippen LogP contribution in [0.25, 0.3) is 11.3 Å². The van der Waals surface area contributed by atoms with E-state index in [1.165, 1.54) is 29.1 Å². The molecule has 0 saturated heterocycles. The average Bonchev–Trinajstić information content (AvgIpc) is 2.83. The molecule has 7 heteroatoms. The quantitative estimate of drug-likeness (QED) is 0.936. The third-order valence-electron chi connectivity index (χ3n) is 2.98. The molecule has 21 heavy (non-hydrogen) atoms. The fourth-order valence-electron chi connectivity index (χ4n) is 1.95. The highest BCUT2D eigenvalue weighted by Crippen LogP contribution is 2.37. The number of rotatable bonds is 3. The third-order valence-corrected chi connectivity index (χ3v) is 2.98. The fraction of sp³-hybridized carbons (Fsp3) is 0.286. The fourth-order valence-corrected chi connectivity index (χ4v) is 1.95. The SMILES string of the molecule is CC(C)n1cc(C(=O)O)c(-c2ccccc2C(F)(F)F)n1. The highest BCUT2D eigenvalue weighted by Gasteiger charge is 2.35. The average molecular weight is 298 g/mol. The lowest BCUT2D eigenvalue weighted by molar-refractivity contribution is -0.137. The summed E-state index contributed by atoms with van der Waals surface area (Å²) >= 11 is 0. The zero-order valence-corrected chi connectivity index (χ0v) is 11.3. The van der Waals surface area contributed by atoms with E-state index in [2.05, 4.69) is 5.10 Å². The maximum atomic E-state index is 13.1. The van der Waals surface area contributed by atoms with Crippen molar-refractivity contribution in [1.29, 1.82) is 0 Å². The van der Waals surface area contributed by atoms with Crippen molar-refractivity contribution in [2.75, 3.05) is 0 Å². The van der Waals surface area contributed by atoms with Crippen LogP contribution in [0.15, 0.2) is 30.5 Å². The Morgan fingerprint density at radius 2 is 1.90 bits per heavy atom. The molecule has 0 aliphatic heterocycles. The summed E-state index contributed by atoms with van der Waals surface area (Å²) in [4.78, 5) is 11.3. The van der Waals surface area contributed by atoms with E-state index in [1.54, 1.807) is 13.8 Å². The minimum Gasteiger partial charge on any atom is -0.478 e. The Morgan fingerprint density at radius 3 is 2.43 bits per heavy atom. The number of benzene rings is 1. The minimum absolute atomic E-state index is 0.158. The number of carboxylic acids is 1. The number of aromatic carboxylic acids is 1. The smallest absolute Gasteiger partial charge is 0.417 e. The maximum absolute atomic E-state index is 13.1. The van der Waals surface area contributed by atoms with Gasteiger partial charge in [0.15, 0.2) is 0 Å². The van der Waals surface area contributed by atoms with E-state index in [0.29, 0.717) is 0 Å². The van der Waals surface area contributed by atoms with Crippen LogP contribution in [0.3, 0.4) is 0 Å². The molecule has 1 heterocycles. The van der Waals surface area contributed by atoms with Crippen LogP contribution in [0.2, 0.25) is 0 Å². The van der Waals surface area contributed by atoms with Gasteiger partial charge in [-0.25, -0.2) is 4.79 Å². The lowest BCUT2D eigenvalue weighted by atomic mass is 10.0. The Bertz CT molecular complexity index is 675. The summed E-state index contributed by atoms with van der Waals surface area (Å²) in [6.45, 7) is 3.52. The van der Waals surface area contributed by atoms with Crippen LogP contribution in [0, 0.1) is 0 Å². The number of hydrogen-bond donors (Lipinski definition) is 1. The van der Waals surface area contributed by atoms with Crippen LogP contribution in [0.5, 0.6) is 0 Å². The standard InChI is InChI=1S/C14H13F3N2O2/c1-8(2)19-7-10(13(20)21)12(18-19)9-5-3-4-6-11(9)14(15,16)17/h3-8H,1-2H3,(H,20,21). The van der Waals surface area contributed by atoms with Crippen molar-refractivity contribution < 1.29 is 23.1 Å². The molecule has 0 radical (unpaired) electrons. The molecule has 0 unspecified atom stereocenters. The van der Waals surface area contributed by atoms with Gasteiger partial charge in [0, 0.05) is 17.8 Å². The molecule has 0 amide bonds. The van der Waals surface area contributed by atoms with E-state index in [4.69, 9.17) is 0 Å². The second kappa shape index (κ2) is 5.23. The molecule has 1 N–H and O–H groups in total. The van der Waals surface area contributed by atoms with Gasteiger partial charge < -0.3 is 5.11 Å². The predicted octanol–water partition coefficient (Wildman–Crippen LogP) is 3.85. The van der Waals surface area contributed by atoms with E-state index in [1.807, 2.05) is 0 Å². The van der Waals surface area contributed by atoms with Gasteiger partial charge in [-0.3, -0.25) is 4.68 Å². The number of aromatic nitrogens is 2. The van der Waals surface area contributed by atoms with Gasteiger partial charge in [0.1, 0.15) is 11.3 Å². The Labute approximate surface area is 118 Å². The first kappa shape index (κ1) is 15.1. The zero-order valence-electron chi connectivity index (χ0n) is 11.3. The topological polar surface area (TPSA) is 55.1 Å². The van der Waals surface area contributed by atoms with E-state index in [-0.39, 0.29) is 22.9 Å². The molecule has 0 bridgehead atoms. The van der Waals surface area contributed by atoms with Crippen LogP contribution >= 0.6 is 0 Å². The first-order chi connectivity index (χ1) is 9.71. The van der Waals surface area contributed by atoms with Crippen molar-refractivity contribution >= 4 is 5.97 Å². The van der Waals surface area contributed by atoms with Gasteiger partial charge in [-0.1, -0.05) is 18.2 Å². The Morgan fingerprint density at radius 1 is 1.29 bits per heavy atom. The summed E-state index contributed by atoms with van der Waals surface area (Å²) in [5.74, 6) is -1.31. The summed E-state index contributed by atoms with van der Waals surface area (Å²) in [5, 5.41) is 13.2. The number of carboxylic acid groups (broad SMARTS) is 1. The molecule has 2 aromatic rings. The van der Waals surface area contributed by atoms with Crippen LogP contribution in [0.4, 0.5) is 13.2 Å². The zero-order chi connectivity index (χ0) is 15.8. The predicted molar refractivity (Wildman–Crippen MR) is 70.0 cm³/mol. The highest BCUT2D eigenvalue weighted by molar-refractivity contribution is 5.95. The minimum atomic E-state index is -4.58. The van der Waals surface area contributed by atoms with Crippen molar-refractivity contribution in [1.82, 2.24) is 9.78 Å². The lowest BCUT2D eigenvalue weighted by Gasteiger charge is -2.11. The van der Waals surface area contributed by atoms with Crippen LogP contribution in [-0.4, -0.2) is 20.9 Å². The van der Waals surface area contributed by atoms with E-state index in [0.717, 1.165) is 6.07 Å². The summed E-state index contributed by atoms with van der Waals surface area (Å²) in [7, 11) is 0. The molecular weight excluding hydrogens is 285 g/mol. The molecular formula is C14H13F3N2O2. The molecule has 0 saturated carbocycles. The Balaban J connectivity index is 2.70. The molecule has 0 spiro atoms. The van der Waals surface area contributed by atoms with E-state index < -0.39 is 17.7 Å². The summed E-state index contributed by atoms with van der Waals surface area (Å²) in [6, 6.07) is 4.66. The van der Waals surface area contributed by atoms with Crippen LogP contribution in [-0.2, 0) is 6.18 Å². The van der Waals surface area contributed by atoms with E-state index >= 15 is 0 Å². The highest BCUT2D eigenvalue weighted by atomic mass is 19.4. The molecule has 2 rings (SSSR count). The van der Waals surface area contributed by atoms with Gasteiger partial charge in [-0.2, -0.15) is 18.3 Å². The monoisotopic (exact) mass is 298 g/mol. The summed E-state index contributed by atoms with van der Waals surface area (Å²) in [5.41, 5.74) is -1.56. The largest absolute Gasteiger partial charge is 0.478 e. The van der Waals surface area contributed by atoms with Gasteiger partial charge in [-0.05, 0) is 19.9 Å². The number of alkyl halides is 3. The van der Waals surface area contributed by atoms with Gasteiger partial charge in [0.2, 0.25) is 0 Å². The van der Waals surface area contributed by atoms with Crippen molar-refractivity contribution in [3.05, 3.63) is 41.6 Å². The number of nitrogens with zero attached hydrogens (tertiary/aromatic N) is 2. The van der Waals surface area contributed by atoms with Crippen LogP contribution in [0.1, 0.15) is 35.8 Å². The molecule has 0 atom stereocenters. The normalized spacial score (nSPS) is 11.9. The summed E-state index contributed by atoms with van der Waals surface area (Å²) < 4.78 is 40.5. The van der Waals surface area contributed by atoms with Gasteiger partial charge in [0.05, 0.1) is 5.56 Å². The van der Waals surface area contributed by atoms with Gasteiger partial charge in [0.25, 0.3) is 0 Å². The van der Waals surface area contributed by atoms with Crippen LogP contribution < -0.4 is 0 Å². The number of halogens is 3. The molecule has 1 aromatic heterocycles. The van der Waals surface area contributed by atoms with Crippen molar-refractivity contribution in [2.45, 2.75) is 26.1 Å². The molecule has 112 valence electrons. The first-order valence-corrected chi connectivity index (χ1v) is 6.21. The maximum Gasteiger partial charge on any atom is 0.417 e. The molecule has 0 fully saturated rings. The molecule has 1 aromatic carbocycles. The molecule has 4 nitrogen and oxygen atoms in total. The number of hydrogen-bond acceptors (Lipinski definition) is 2. The first-order valence-electron chi connectivity index (χ1n) is 6.21. The second-order valence-corrected chi connectivity index (χ2v) is 4.81. The molecule has 0 aliphatic carbocycles. The number of carbonyl (C=O) groups is 1. The van der Waals surface area contributed by atoms with Crippen molar-refractivity contribution in [3.8, 4) is 11.3 Å². The Kier molecular flexibility index (Phi) is 3.76. The summed E-state index contributed by atoms with van der Waals surface area (Å²) in [6.07, 6.45) is -3.33. The van der Waals surface area contributed by atoms with Crippen molar-refractivity contribution in [3.63, 3.8) is 0 Å². The van der Waals surface area contributed by atoms with E-state index in [9.17, 15) is 23.1 Å². The van der Waals surface area contributed by atoms with Gasteiger partial charge >= 0.3 is 12.1 Å². The van der Waals surface area contributed by atoms with Gasteiger partial charge in [-0.15, -0.1) is 0 Å². The third kappa shape index (κ3) is 2.91.